The van der Waals surface area contributed by atoms with E-state index in [4.69, 9.17) is 16.3 Å². The van der Waals surface area contributed by atoms with Crippen molar-refractivity contribution in [1.29, 1.82) is 0 Å². The Hall–Kier alpha value is -2.57. The maximum atomic E-state index is 13.7. The van der Waals surface area contributed by atoms with Gasteiger partial charge in [0.05, 0.1) is 27.9 Å². The van der Waals surface area contributed by atoms with Crippen LogP contribution in [0, 0.1) is 0 Å². The molecule has 0 saturated heterocycles. The molecule has 1 aliphatic heterocycles. The van der Waals surface area contributed by atoms with Crippen LogP contribution in [0.25, 0.3) is 0 Å². The van der Waals surface area contributed by atoms with Crippen LogP contribution in [0.2, 0.25) is 5.02 Å². The van der Waals surface area contributed by atoms with E-state index in [-0.39, 0.29) is 22.0 Å². The molecular weight excluding hydrogens is 422 g/mol. The summed E-state index contributed by atoms with van der Waals surface area (Å²) in [5.41, 5.74) is 1.79. The molecule has 0 fully saturated rings. The highest BCUT2D eigenvalue weighted by Gasteiger charge is 2.41. The van der Waals surface area contributed by atoms with E-state index in [2.05, 4.69) is 5.32 Å². The number of hydrogen-bond acceptors (Lipinski definition) is 5. The van der Waals surface area contributed by atoms with Crippen LogP contribution in [0.4, 0.5) is 0 Å². The van der Waals surface area contributed by atoms with Gasteiger partial charge in [-0.25, -0.2) is 13.2 Å². The van der Waals surface area contributed by atoms with Gasteiger partial charge in [-0.15, -0.1) is 0 Å². The van der Waals surface area contributed by atoms with Crippen LogP contribution >= 0.6 is 11.6 Å². The lowest BCUT2D eigenvalue weighted by Crippen LogP contribution is -2.32. The molecule has 2 aromatic rings. The van der Waals surface area contributed by atoms with E-state index >= 15 is 0 Å². The summed E-state index contributed by atoms with van der Waals surface area (Å²) in [6.45, 7) is 5.57. The van der Waals surface area contributed by atoms with Crippen LogP contribution in [0.5, 0.6) is 0 Å². The van der Waals surface area contributed by atoms with E-state index in [0.29, 0.717) is 28.4 Å². The zero-order valence-electron chi connectivity index (χ0n) is 17.1. The van der Waals surface area contributed by atoms with Crippen molar-refractivity contribution in [3.05, 3.63) is 87.1 Å². The summed E-state index contributed by atoms with van der Waals surface area (Å²) >= 11 is 6.48. The lowest BCUT2D eigenvalue weighted by Gasteiger charge is -2.31. The van der Waals surface area contributed by atoms with Gasteiger partial charge in [0.15, 0.2) is 0 Å². The van der Waals surface area contributed by atoms with Gasteiger partial charge in [-0.05, 0) is 44.0 Å². The van der Waals surface area contributed by atoms with Gasteiger partial charge in [0.1, 0.15) is 0 Å². The Balaban J connectivity index is 2.26. The summed E-state index contributed by atoms with van der Waals surface area (Å²) in [5, 5.41) is 3.45. The summed E-state index contributed by atoms with van der Waals surface area (Å²) in [7, 11) is -3.92. The number of sulfone groups is 1. The van der Waals surface area contributed by atoms with Crippen LogP contribution in [0.1, 0.15) is 38.7 Å². The first-order valence-corrected chi connectivity index (χ1v) is 11.5. The van der Waals surface area contributed by atoms with Crippen molar-refractivity contribution >= 4 is 27.4 Å². The van der Waals surface area contributed by atoms with Crippen molar-refractivity contribution < 1.29 is 17.9 Å². The van der Waals surface area contributed by atoms with E-state index in [9.17, 15) is 13.2 Å². The molecule has 0 bridgehead atoms. The lowest BCUT2D eigenvalue weighted by atomic mass is 9.86. The van der Waals surface area contributed by atoms with Crippen molar-refractivity contribution in [2.24, 2.45) is 0 Å². The molecule has 0 amide bonds. The predicted molar refractivity (Wildman–Crippen MR) is 118 cm³/mol. The minimum absolute atomic E-state index is 0.0934. The van der Waals surface area contributed by atoms with Crippen LogP contribution < -0.4 is 5.32 Å². The number of nitrogens with one attached hydrogen (secondary N) is 1. The quantitative estimate of drug-likeness (QED) is 0.636. The Labute approximate surface area is 182 Å². The molecule has 2 aromatic carbocycles. The fourth-order valence-electron chi connectivity index (χ4n) is 3.61. The summed E-state index contributed by atoms with van der Waals surface area (Å²) in [4.78, 5) is 13.2. The van der Waals surface area contributed by atoms with Gasteiger partial charge >= 0.3 is 5.97 Å². The third-order valence-corrected chi connectivity index (χ3v) is 7.27. The second-order valence-corrected chi connectivity index (χ2v) is 9.39. The van der Waals surface area contributed by atoms with Crippen molar-refractivity contribution in [3.63, 3.8) is 0 Å². The molecule has 1 aliphatic rings. The first-order valence-electron chi connectivity index (χ1n) is 9.69. The molecule has 0 saturated carbocycles. The Morgan fingerprint density at radius 2 is 1.67 bits per heavy atom. The van der Waals surface area contributed by atoms with Crippen molar-refractivity contribution in [1.82, 2.24) is 5.32 Å². The first kappa shape index (κ1) is 22.1. The molecule has 1 atom stereocenters. The minimum atomic E-state index is -3.92. The molecule has 1 heterocycles. The Morgan fingerprint density at radius 1 is 1.03 bits per heavy atom. The van der Waals surface area contributed by atoms with Gasteiger partial charge in [-0.1, -0.05) is 54.9 Å². The Kier molecular flexibility index (Phi) is 6.68. The van der Waals surface area contributed by atoms with Crippen molar-refractivity contribution in [3.8, 4) is 0 Å². The molecule has 0 aliphatic carbocycles. The number of rotatable bonds is 6. The number of esters is 1. The third kappa shape index (κ3) is 4.16. The molecule has 1 unspecified atom stereocenters. The number of benzene rings is 2. The Morgan fingerprint density at radius 3 is 2.30 bits per heavy atom. The van der Waals surface area contributed by atoms with Gasteiger partial charge in [0.25, 0.3) is 0 Å². The van der Waals surface area contributed by atoms with Gasteiger partial charge in [0, 0.05) is 16.4 Å². The number of allylic oxidation sites excluding steroid dienone is 3. The van der Waals surface area contributed by atoms with Gasteiger partial charge in [-0.2, -0.15) is 0 Å². The highest BCUT2D eigenvalue weighted by atomic mass is 35.5. The SMILES string of the molecule is CCCOC(=O)C1=C(C)NC(C)=C(S(=O)(=O)c2ccccc2)C1c1ccccc1Cl. The summed E-state index contributed by atoms with van der Waals surface area (Å²) in [6, 6.07) is 15.1. The van der Waals surface area contributed by atoms with Gasteiger partial charge in [-0.3, -0.25) is 0 Å². The summed E-state index contributed by atoms with van der Waals surface area (Å²) < 4.78 is 32.7. The number of halogens is 1. The maximum Gasteiger partial charge on any atom is 0.336 e. The fourth-order valence-corrected chi connectivity index (χ4v) is 5.63. The van der Waals surface area contributed by atoms with E-state index in [1.807, 2.05) is 6.92 Å². The smallest absolute Gasteiger partial charge is 0.336 e. The van der Waals surface area contributed by atoms with E-state index in [0.717, 1.165) is 0 Å². The number of ether oxygens (including phenoxy) is 1. The molecule has 158 valence electrons. The second kappa shape index (κ2) is 9.06. The van der Waals surface area contributed by atoms with Crippen molar-refractivity contribution in [2.75, 3.05) is 6.61 Å². The van der Waals surface area contributed by atoms with E-state index in [1.54, 1.807) is 68.4 Å². The molecular formula is C23H24ClNO4S. The molecule has 0 aromatic heterocycles. The highest BCUT2D eigenvalue weighted by molar-refractivity contribution is 7.95. The van der Waals surface area contributed by atoms with E-state index in [1.165, 1.54) is 0 Å². The van der Waals surface area contributed by atoms with Gasteiger partial charge in [0.2, 0.25) is 9.84 Å². The lowest BCUT2D eigenvalue weighted by molar-refractivity contribution is -0.139. The molecule has 0 spiro atoms. The monoisotopic (exact) mass is 445 g/mol. The average Bonchev–Trinajstić information content (AvgIpc) is 2.72. The maximum absolute atomic E-state index is 13.7. The fraction of sp³-hybridized carbons (Fsp3) is 0.261. The zero-order chi connectivity index (χ0) is 21.9. The van der Waals surface area contributed by atoms with Crippen LogP contribution in [0.15, 0.2) is 81.4 Å². The number of carbonyl (C=O) groups excluding carboxylic acids is 1. The molecule has 5 nitrogen and oxygen atoms in total. The third-order valence-electron chi connectivity index (χ3n) is 4.92. The van der Waals surface area contributed by atoms with Crippen molar-refractivity contribution in [2.45, 2.75) is 38.0 Å². The van der Waals surface area contributed by atoms with Gasteiger partial charge < -0.3 is 10.1 Å². The zero-order valence-corrected chi connectivity index (χ0v) is 18.7. The second-order valence-electron chi connectivity index (χ2n) is 7.06. The van der Waals surface area contributed by atoms with Crippen LogP contribution in [-0.4, -0.2) is 21.0 Å². The first-order chi connectivity index (χ1) is 14.3. The van der Waals surface area contributed by atoms with E-state index < -0.39 is 21.7 Å². The normalized spacial score (nSPS) is 17.0. The molecule has 3 rings (SSSR count). The molecule has 7 heteroatoms. The molecule has 0 radical (unpaired) electrons. The Bertz CT molecular complexity index is 1120. The standard InChI is InChI=1S/C23H24ClNO4S/c1-4-14-29-23(26)20-15(2)25-16(3)22(21(20)18-12-8-9-13-19(18)24)30(27,28)17-10-6-5-7-11-17/h5-13,21,25H,4,14H2,1-3H3. The van der Waals surface area contributed by atoms with Crippen LogP contribution in [0.3, 0.4) is 0 Å². The number of hydrogen-bond donors (Lipinski definition) is 1. The molecule has 1 N–H and O–H groups in total. The number of carbonyl (C=O) groups is 1. The topological polar surface area (TPSA) is 72.5 Å². The predicted octanol–water partition coefficient (Wildman–Crippen LogP) is 4.96. The summed E-state index contributed by atoms with van der Waals surface area (Å²) in [6.07, 6.45) is 0.659. The molecule has 30 heavy (non-hydrogen) atoms. The minimum Gasteiger partial charge on any atom is -0.462 e. The number of dihydropyridines is 1. The highest BCUT2D eigenvalue weighted by Crippen LogP contribution is 2.45. The summed E-state index contributed by atoms with van der Waals surface area (Å²) in [5.74, 6) is -1.44. The van der Waals surface area contributed by atoms with Crippen LogP contribution in [-0.2, 0) is 19.4 Å². The average molecular weight is 446 g/mol. The largest absolute Gasteiger partial charge is 0.462 e.